The van der Waals surface area contributed by atoms with E-state index in [0.29, 0.717) is 55.5 Å². The van der Waals surface area contributed by atoms with Gasteiger partial charge in [0.1, 0.15) is 17.5 Å². The van der Waals surface area contributed by atoms with Gasteiger partial charge in [-0.15, -0.1) is 0 Å². The number of ether oxygens (including phenoxy) is 2. The largest absolute Gasteiger partial charge is 0.466 e. The van der Waals surface area contributed by atoms with Gasteiger partial charge in [0.2, 0.25) is 5.95 Å². The van der Waals surface area contributed by atoms with Gasteiger partial charge in [-0.25, -0.2) is 15.0 Å². The second-order valence-electron chi connectivity index (χ2n) is 10.1. The third-order valence-corrected chi connectivity index (χ3v) is 7.42. The standard InChI is InChI=1S/C29H31F2N5O4/c1-4-39-26(38)29(3)11-13-35(14-12-29)28-32-15-20(16-33-28)19-9-10-23-34-18(2)24(36(23)17-19)25(37)21-7-5-6-8-22(21)40-27(30)31/h5-10,15-17,25,27,37H,4,11-14H2,1-3H3. The van der Waals surface area contributed by atoms with Crippen molar-refractivity contribution in [2.75, 3.05) is 24.6 Å². The second kappa shape index (κ2) is 11.2. The maximum absolute atomic E-state index is 13.0. The molecule has 1 fully saturated rings. The lowest BCUT2D eigenvalue weighted by molar-refractivity contribution is -0.155. The summed E-state index contributed by atoms with van der Waals surface area (Å²) in [5, 5.41) is 11.3. The maximum atomic E-state index is 13.0. The van der Waals surface area contributed by atoms with Gasteiger partial charge < -0.3 is 23.9 Å². The summed E-state index contributed by atoms with van der Waals surface area (Å²) in [7, 11) is 0. The molecule has 40 heavy (non-hydrogen) atoms. The molecule has 0 aliphatic carbocycles. The topological polar surface area (TPSA) is 102 Å². The van der Waals surface area contributed by atoms with Crippen LogP contribution < -0.4 is 9.64 Å². The Kier molecular flexibility index (Phi) is 7.66. The summed E-state index contributed by atoms with van der Waals surface area (Å²) >= 11 is 0. The number of pyridine rings is 1. The summed E-state index contributed by atoms with van der Waals surface area (Å²) in [5.41, 5.74) is 2.85. The van der Waals surface area contributed by atoms with Crippen molar-refractivity contribution in [2.24, 2.45) is 5.41 Å². The fourth-order valence-corrected chi connectivity index (χ4v) is 5.08. The number of carbonyl (C=O) groups excluding carboxylic acids is 1. The highest BCUT2D eigenvalue weighted by molar-refractivity contribution is 5.76. The summed E-state index contributed by atoms with van der Waals surface area (Å²) in [6.45, 7) is 4.15. The number of fused-ring (bicyclic) bond motifs is 1. The van der Waals surface area contributed by atoms with Crippen LogP contribution in [-0.4, -0.2) is 56.7 Å². The van der Waals surface area contributed by atoms with Crippen molar-refractivity contribution in [2.45, 2.75) is 46.3 Å². The van der Waals surface area contributed by atoms with Gasteiger partial charge in [0.25, 0.3) is 0 Å². The highest BCUT2D eigenvalue weighted by atomic mass is 19.3. The molecule has 11 heteroatoms. The van der Waals surface area contributed by atoms with Gasteiger partial charge in [-0.3, -0.25) is 4.79 Å². The number of halogens is 2. The van der Waals surface area contributed by atoms with Crippen molar-refractivity contribution < 1.29 is 28.2 Å². The number of aliphatic hydroxyl groups is 1. The van der Waals surface area contributed by atoms with Gasteiger partial charge in [0.05, 0.1) is 23.4 Å². The van der Waals surface area contributed by atoms with Crippen LogP contribution >= 0.6 is 0 Å². The zero-order valence-corrected chi connectivity index (χ0v) is 22.6. The fraction of sp³-hybridized carbons (Fsp3) is 0.379. The van der Waals surface area contributed by atoms with E-state index in [0.717, 1.165) is 11.1 Å². The number of hydrogen-bond acceptors (Lipinski definition) is 8. The number of esters is 1. The van der Waals surface area contributed by atoms with Crippen LogP contribution in [0, 0.1) is 12.3 Å². The molecule has 9 nitrogen and oxygen atoms in total. The van der Waals surface area contributed by atoms with E-state index in [1.54, 1.807) is 41.9 Å². The maximum Gasteiger partial charge on any atom is 0.387 e. The first-order chi connectivity index (χ1) is 19.2. The van der Waals surface area contributed by atoms with Crippen LogP contribution in [0.25, 0.3) is 16.8 Å². The molecule has 0 bridgehead atoms. The molecular formula is C29H31F2N5O4. The monoisotopic (exact) mass is 551 g/mol. The number of aliphatic hydroxyl groups excluding tert-OH is 1. The second-order valence-corrected chi connectivity index (χ2v) is 10.1. The molecule has 5 rings (SSSR count). The number of rotatable bonds is 8. The Hall–Kier alpha value is -4.12. The molecule has 0 amide bonds. The third kappa shape index (κ3) is 5.33. The predicted octanol–water partition coefficient (Wildman–Crippen LogP) is 4.95. The van der Waals surface area contributed by atoms with E-state index in [4.69, 9.17) is 4.74 Å². The molecule has 1 aliphatic heterocycles. The first-order valence-electron chi connectivity index (χ1n) is 13.1. The Morgan fingerprint density at radius 3 is 2.48 bits per heavy atom. The Morgan fingerprint density at radius 1 is 1.10 bits per heavy atom. The van der Waals surface area contributed by atoms with Gasteiger partial charge in [0.15, 0.2) is 0 Å². The zero-order valence-electron chi connectivity index (χ0n) is 22.6. The number of aryl methyl sites for hydroxylation is 1. The average Bonchev–Trinajstić information content (AvgIpc) is 3.28. The van der Waals surface area contributed by atoms with E-state index in [1.807, 2.05) is 32.2 Å². The van der Waals surface area contributed by atoms with Crippen molar-refractivity contribution >= 4 is 17.6 Å². The van der Waals surface area contributed by atoms with Crippen LogP contribution in [0.5, 0.6) is 5.75 Å². The van der Waals surface area contributed by atoms with Crippen LogP contribution in [-0.2, 0) is 9.53 Å². The number of imidazole rings is 1. The molecule has 3 aromatic heterocycles. The van der Waals surface area contributed by atoms with Gasteiger partial charge in [-0.05, 0) is 51.8 Å². The van der Waals surface area contributed by atoms with Crippen molar-refractivity contribution in [3.63, 3.8) is 0 Å². The molecule has 1 saturated heterocycles. The minimum absolute atomic E-state index is 0.0974. The molecule has 210 valence electrons. The summed E-state index contributed by atoms with van der Waals surface area (Å²) in [6, 6.07) is 9.87. The van der Waals surface area contributed by atoms with Crippen LogP contribution in [0.1, 0.15) is 49.7 Å². The smallest absolute Gasteiger partial charge is 0.387 e. The van der Waals surface area contributed by atoms with Crippen molar-refractivity contribution in [1.82, 2.24) is 19.4 Å². The van der Waals surface area contributed by atoms with Crippen molar-refractivity contribution in [1.29, 1.82) is 0 Å². The number of carbonyl (C=O) groups is 1. The van der Waals surface area contributed by atoms with Gasteiger partial charge in [0, 0.05) is 48.4 Å². The number of nitrogens with zero attached hydrogens (tertiary/aromatic N) is 5. The Morgan fingerprint density at radius 2 is 1.80 bits per heavy atom. The predicted molar refractivity (Wildman–Crippen MR) is 144 cm³/mol. The van der Waals surface area contributed by atoms with E-state index < -0.39 is 18.1 Å². The molecule has 1 N–H and O–H groups in total. The lowest BCUT2D eigenvalue weighted by atomic mass is 9.80. The number of alkyl halides is 2. The van der Waals surface area contributed by atoms with Crippen LogP contribution in [0.4, 0.5) is 14.7 Å². The first kappa shape index (κ1) is 27.4. The molecule has 4 aromatic rings. The summed E-state index contributed by atoms with van der Waals surface area (Å²) in [5.74, 6) is 0.325. The van der Waals surface area contributed by atoms with Gasteiger partial charge >= 0.3 is 12.6 Å². The highest BCUT2D eigenvalue weighted by Crippen LogP contribution is 2.35. The molecule has 1 atom stereocenters. The Labute approximate surface area is 230 Å². The van der Waals surface area contributed by atoms with E-state index in [2.05, 4.69) is 24.6 Å². The SMILES string of the molecule is CCOC(=O)C1(C)CCN(c2ncc(-c3ccc4nc(C)c(C(O)c5ccccc5OC(F)F)n4c3)cn2)CC1. The molecule has 1 aromatic carbocycles. The van der Waals surface area contributed by atoms with E-state index in [9.17, 15) is 18.7 Å². The summed E-state index contributed by atoms with van der Waals surface area (Å²) < 4.78 is 37.6. The van der Waals surface area contributed by atoms with Gasteiger partial charge in [-0.1, -0.05) is 18.2 Å². The zero-order chi connectivity index (χ0) is 28.4. The molecule has 0 spiro atoms. The third-order valence-electron chi connectivity index (χ3n) is 7.42. The number of piperidine rings is 1. The quantitative estimate of drug-likeness (QED) is 0.307. The van der Waals surface area contributed by atoms with Gasteiger partial charge in [-0.2, -0.15) is 8.78 Å². The van der Waals surface area contributed by atoms with Crippen LogP contribution in [0.3, 0.4) is 0 Å². The lowest BCUT2D eigenvalue weighted by Gasteiger charge is -2.37. The van der Waals surface area contributed by atoms with Crippen molar-refractivity contribution in [3.05, 3.63) is 71.9 Å². The lowest BCUT2D eigenvalue weighted by Crippen LogP contribution is -2.44. The molecule has 4 heterocycles. The Bertz CT molecular complexity index is 1500. The molecule has 0 saturated carbocycles. The number of benzene rings is 1. The van der Waals surface area contributed by atoms with E-state index in [-0.39, 0.29) is 17.3 Å². The number of para-hydroxylation sites is 1. The summed E-state index contributed by atoms with van der Waals surface area (Å²) in [4.78, 5) is 28.1. The van der Waals surface area contributed by atoms with Crippen LogP contribution in [0.15, 0.2) is 55.0 Å². The van der Waals surface area contributed by atoms with E-state index >= 15 is 0 Å². The first-order valence-corrected chi connectivity index (χ1v) is 13.1. The number of aromatic nitrogens is 4. The highest BCUT2D eigenvalue weighted by Gasteiger charge is 2.38. The number of anilines is 1. The van der Waals surface area contributed by atoms with Crippen LogP contribution in [0.2, 0.25) is 0 Å². The molecular weight excluding hydrogens is 520 g/mol. The van der Waals surface area contributed by atoms with E-state index in [1.165, 1.54) is 6.07 Å². The molecule has 1 aliphatic rings. The number of hydrogen-bond donors (Lipinski definition) is 1. The minimum Gasteiger partial charge on any atom is -0.466 e. The fourth-order valence-electron chi connectivity index (χ4n) is 5.08. The molecule has 1 unspecified atom stereocenters. The Balaban J connectivity index is 1.39. The average molecular weight is 552 g/mol. The normalized spacial score (nSPS) is 15.8. The molecule has 0 radical (unpaired) electrons. The summed E-state index contributed by atoms with van der Waals surface area (Å²) in [6.07, 6.45) is 5.34. The minimum atomic E-state index is -3.02. The van der Waals surface area contributed by atoms with Crippen molar-refractivity contribution in [3.8, 4) is 16.9 Å².